The maximum Gasteiger partial charge on any atom is 0.414 e. The summed E-state index contributed by atoms with van der Waals surface area (Å²) < 4.78 is 132. The van der Waals surface area contributed by atoms with E-state index in [0.29, 0.717) is 11.0 Å². The first-order chi connectivity index (χ1) is 19.0. The van der Waals surface area contributed by atoms with Crippen molar-refractivity contribution in [2.45, 2.75) is 50.4 Å². The normalized spacial score (nSPS) is 14.0. The number of fused-ring (bicyclic) bond motifs is 1. The van der Waals surface area contributed by atoms with E-state index in [9.17, 15) is 44.3 Å². The first kappa shape index (κ1) is 31.6. The fourth-order valence-electron chi connectivity index (χ4n) is 4.13. The number of ether oxygens (including phenoxy) is 2. The van der Waals surface area contributed by atoms with Gasteiger partial charge in [0.1, 0.15) is 23.1 Å². The van der Waals surface area contributed by atoms with Crippen LogP contribution in [0.4, 0.5) is 44.3 Å². The number of hydrogen-bond acceptors (Lipinski definition) is 5. The number of methoxy groups -OCH3 is 2. The molecule has 0 bridgehead atoms. The van der Waals surface area contributed by atoms with E-state index < -0.39 is 61.7 Å². The third kappa shape index (κ3) is 7.43. The first-order valence-corrected chi connectivity index (χ1v) is 11.8. The van der Waals surface area contributed by atoms with E-state index in [-0.39, 0.29) is 27.5 Å². The molecule has 226 valence electrons. The molecule has 8 nitrogen and oxygen atoms in total. The van der Waals surface area contributed by atoms with Crippen molar-refractivity contribution in [3.63, 3.8) is 0 Å². The van der Waals surface area contributed by atoms with Gasteiger partial charge in [0, 0.05) is 18.5 Å². The Morgan fingerprint density at radius 1 is 0.976 bits per heavy atom. The average Bonchev–Trinajstić information content (AvgIpc) is 3.35. The SMILES string of the molecule is CCN(C(=O)NC(CCC(F)(F)F)C(F)(F)F)[C@@H](c1cc(-c2cc(OC)c3nc[nH]c3c2)c(OC)cn1)C(F)(F)F. The average molecular weight is 601 g/mol. The van der Waals surface area contributed by atoms with Gasteiger partial charge < -0.3 is 24.7 Å². The molecule has 1 aromatic carbocycles. The predicted octanol–water partition coefficient (Wildman–Crippen LogP) is 6.55. The van der Waals surface area contributed by atoms with E-state index in [1.807, 2.05) is 0 Å². The molecule has 2 N–H and O–H groups in total. The molecule has 0 saturated heterocycles. The number of imidazole rings is 1. The van der Waals surface area contributed by atoms with Crippen LogP contribution < -0.4 is 14.8 Å². The molecule has 2 amide bonds. The van der Waals surface area contributed by atoms with Gasteiger partial charge in [0.2, 0.25) is 0 Å². The second-order valence-electron chi connectivity index (χ2n) is 8.71. The number of urea groups is 1. The Hall–Kier alpha value is -3.92. The molecule has 0 aliphatic rings. The number of benzene rings is 1. The lowest BCUT2D eigenvalue weighted by Crippen LogP contribution is -2.53. The molecule has 17 heteroatoms. The highest BCUT2D eigenvalue weighted by atomic mass is 19.4. The Labute approximate surface area is 226 Å². The molecule has 0 fully saturated rings. The number of halogens is 9. The number of aromatic nitrogens is 3. The molecule has 2 heterocycles. The standard InChI is InChI=1S/C24H24F9N5O3/c1-4-38(21(39)37-18(23(28,29)30)5-6-22(25,26)27)20(24(31,32)33)15-9-13(17(41-3)10-34-15)12-7-14-19(36-11-35-14)16(8-12)40-2/h7-11,18,20H,4-6H2,1-3H3,(H,35,36)(H,37,39)/t18?,20-/m0/s1. The Kier molecular flexibility index (Phi) is 9.17. The van der Waals surface area contributed by atoms with Crippen LogP contribution in [0.5, 0.6) is 11.5 Å². The number of rotatable bonds is 9. The van der Waals surface area contributed by atoms with Crippen molar-refractivity contribution < 1.29 is 53.8 Å². The van der Waals surface area contributed by atoms with Crippen molar-refractivity contribution in [1.82, 2.24) is 25.2 Å². The summed E-state index contributed by atoms with van der Waals surface area (Å²) in [7, 11) is 2.58. The molecular formula is C24H24F9N5O3. The van der Waals surface area contributed by atoms with Crippen LogP contribution in [-0.2, 0) is 0 Å². The quantitative estimate of drug-likeness (QED) is 0.272. The van der Waals surface area contributed by atoms with E-state index in [1.165, 1.54) is 38.0 Å². The second kappa shape index (κ2) is 11.9. The van der Waals surface area contributed by atoms with E-state index in [0.717, 1.165) is 19.2 Å². The third-order valence-corrected chi connectivity index (χ3v) is 6.04. The number of nitrogens with one attached hydrogen (secondary N) is 2. The highest BCUT2D eigenvalue weighted by molar-refractivity contribution is 5.88. The van der Waals surface area contributed by atoms with Crippen molar-refractivity contribution >= 4 is 17.1 Å². The fourth-order valence-corrected chi connectivity index (χ4v) is 4.13. The lowest BCUT2D eigenvalue weighted by atomic mass is 10.0. The summed E-state index contributed by atoms with van der Waals surface area (Å²) in [6, 6.07) is -3.84. The molecule has 41 heavy (non-hydrogen) atoms. The summed E-state index contributed by atoms with van der Waals surface area (Å²) in [5, 5.41) is 1.29. The van der Waals surface area contributed by atoms with Crippen LogP contribution in [0.25, 0.3) is 22.2 Å². The largest absolute Gasteiger partial charge is 0.494 e. The van der Waals surface area contributed by atoms with Gasteiger partial charge in [-0.15, -0.1) is 0 Å². The van der Waals surface area contributed by atoms with Gasteiger partial charge in [-0.3, -0.25) is 4.98 Å². The molecule has 0 radical (unpaired) electrons. The molecule has 3 rings (SSSR count). The third-order valence-electron chi connectivity index (χ3n) is 6.04. The number of alkyl halides is 9. The molecule has 2 aromatic heterocycles. The molecule has 0 aliphatic heterocycles. The number of amides is 2. The molecule has 0 spiro atoms. The fraction of sp³-hybridized carbons (Fsp3) is 0.458. The Morgan fingerprint density at radius 2 is 1.63 bits per heavy atom. The number of aromatic amines is 1. The minimum Gasteiger partial charge on any atom is -0.494 e. The van der Waals surface area contributed by atoms with Gasteiger partial charge >= 0.3 is 24.6 Å². The molecule has 1 unspecified atom stereocenters. The summed E-state index contributed by atoms with van der Waals surface area (Å²) in [4.78, 5) is 23.5. The van der Waals surface area contributed by atoms with Crippen LogP contribution >= 0.6 is 0 Å². The first-order valence-electron chi connectivity index (χ1n) is 11.8. The number of pyridine rings is 1. The van der Waals surface area contributed by atoms with Gasteiger partial charge in [-0.2, -0.15) is 39.5 Å². The van der Waals surface area contributed by atoms with Crippen molar-refractivity contribution in [2.75, 3.05) is 20.8 Å². The van der Waals surface area contributed by atoms with Crippen LogP contribution in [0.2, 0.25) is 0 Å². The number of nitrogens with zero attached hydrogens (tertiary/aromatic N) is 3. The number of carbonyl (C=O) groups excluding carboxylic acids is 1. The minimum absolute atomic E-state index is 0.0175. The van der Waals surface area contributed by atoms with Crippen LogP contribution in [0.3, 0.4) is 0 Å². The summed E-state index contributed by atoms with van der Waals surface area (Å²) in [6.07, 6.45) is -16.8. The Bertz CT molecular complexity index is 1360. The summed E-state index contributed by atoms with van der Waals surface area (Å²) >= 11 is 0. The monoisotopic (exact) mass is 601 g/mol. The summed E-state index contributed by atoms with van der Waals surface area (Å²) in [5.41, 5.74) is 0.455. The lowest BCUT2D eigenvalue weighted by Gasteiger charge is -2.34. The summed E-state index contributed by atoms with van der Waals surface area (Å²) in [5.74, 6) is 0.283. The summed E-state index contributed by atoms with van der Waals surface area (Å²) in [6.45, 7) is 0.301. The van der Waals surface area contributed by atoms with E-state index in [4.69, 9.17) is 9.47 Å². The number of H-pyrrole nitrogens is 1. The van der Waals surface area contributed by atoms with E-state index >= 15 is 0 Å². The van der Waals surface area contributed by atoms with Crippen LogP contribution in [0.15, 0.2) is 30.7 Å². The highest BCUT2D eigenvalue weighted by Gasteiger charge is 2.49. The van der Waals surface area contributed by atoms with Crippen molar-refractivity contribution in [3.8, 4) is 22.6 Å². The Morgan fingerprint density at radius 3 is 2.17 bits per heavy atom. The number of carbonyl (C=O) groups is 1. The van der Waals surface area contributed by atoms with Gasteiger partial charge in [0.15, 0.2) is 6.04 Å². The van der Waals surface area contributed by atoms with Gasteiger partial charge in [-0.05, 0) is 37.1 Å². The highest BCUT2D eigenvalue weighted by Crippen LogP contribution is 2.41. The van der Waals surface area contributed by atoms with Crippen molar-refractivity contribution in [1.29, 1.82) is 0 Å². The van der Waals surface area contributed by atoms with E-state index in [1.54, 1.807) is 0 Å². The zero-order valence-corrected chi connectivity index (χ0v) is 21.6. The van der Waals surface area contributed by atoms with E-state index in [2.05, 4.69) is 15.0 Å². The zero-order chi connectivity index (χ0) is 30.8. The van der Waals surface area contributed by atoms with Crippen LogP contribution in [0.1, 0.15) is 31.5 Å². The van der Waals surface area contributed by atoms with Gasteiger partial charge in [0.25, 0.3) is 0 Å². The smallest absolute Gasteiger partial charge is 0.414 e. The van der Waals surface area contributed by atoms with Gasteiger partial charge in [-0.1, -0.05) is 0 Å². The maximum atomic E-state index is 14.4. The van der Waals surface area contributed by atoms with Crippen LogP contribution in [-0.4, -0.2) is 71.2 Å². The van der Waals surface area contributed by atoms with Crippen molar-refractivity contribution in [2.24, 2.45) is 0 Å². The van der Waals surface area contributed by atoms with Crippen LogP contribution in [0, 0.1) is 0 Å². The second-order valence-corrected chi connectivity index (χ2v) is 8.71. The minimum atomic E-state index is -5.36. The molecule has 3 aromatic rings. The topological polar surface area (TPSA) is 92.4 Å². The molecule has 0 aliphatic carbocycles. The molecule has 0 saturated carbocycles. The Balaban J connectivity index is 2.06. The zero-order valence-electron chi connectivity index (χ0n) is 21.6. The van der Waals surface area contributed by atoms with Gasteiger partial charge in [0.05, 0.1) is 38.0 Å². The molecule has 2 atom stereocenters. The predicted molar refractivity (Wildman–Crippen MR) is 127 cm³/mol. The lowest BCUT2D eigenvalue weighted by molar-refractivity contribution is -0.182. The van der Waals surface area contributed by atoms with Gasteiger partial charge in [-0.25, -0.2) is 9.78 Å². The van der Waals surface area contributed by atoms with Crippen molar-refractivity contribution in [3.05, 3.63) is 36.4 Å². The number of hydrogen-bond donors (Lipinski definition) is 2. The molecular weight excluding hydrogens is 577 g/mol. The maximum absolute atomic E-state index is 14.4.